The lowest BCUT2D eigenvalue weighted by atomic mass is 10.1. The highest BCUT2D eigenvalue weighted by Crippen LogP contribution is 2.33. The lowest BCUT2D eigenvalue weighted by Gasteiger charge is -2.23. The fourth-order valence-corrected chi connectivity index (χ4v) is 5.33. The molecule has 3 aromatic rings. The number of nitrogens with zero attached hydrogens (tertiary/aromatic N) is 1. The molecule has 0 spiro atoms. The summed E-state index contributed by atoms with van der Waals surface area (Å²) < 4.78 is 28.8. The third-order valence-electron chi connectivity index (χ3n) is 5.54. The van der Waals surface area contributed by atoms with Crippen LogP contribution in [0.25, 0.3) is 0 Å². The lowest BCUT2D eigenvalue weighted by Crippen LogP contribution is -2.35. The minimum atomic E-state index is -3.84. The van der Waals surface area contributed by atoms with E-state index in [2.05, 4.69) is 4.72 Å². The summed E-state index contributed by atoms with van der Waals surface area (Å²) in [4.78, 5) is 15.2. The van der Waals surface area contributed by atoms with Crippen molar-refractivity contribution in [1.29, 1.82) is 0 Å². The highest BCUT2D eigenvalue weighted by Gasteiger charge is 2.32. The molecule has 5 nitrogen and oxygen atoms in total. The largest absolute Gasteiger partial charge is 0.305 e. The number of anilines is 2. The molecule has 1 amide bonds. The van der Waals surface area contributed by atoms with Gasteiger partial charge in [-0.25, -0.2) is 8.42 Å². The van der Waals surface area contributed by atoms with Crippen LogP contribution in [-0.4, -0.2) is 20.4 Å². The molecule has 1 unspecified atom stereocenters. The summed E-state index contributed by atoms with van der Waals surface area (Å²) in [7, 11) is -3.84. The number of sulfonamides is 1. The van der Waals surface area contributed by atoms with E-state index in [0.29, 0.717) is 16.8 Å². The van der Waals surface area contributed by atoms with Crippen molar-refractivity contribution in [2.24, 2.45) is 0 Å². The summed E-state index contributed by atoms with van der Waals surface area (Å²) in [5, 5.41) is 0. The number of hydrogen-bond acceptors (Lipinski definition) is 3. The molecule has 0 aromatic heterocycles. The third kappa shape index (κ3) is 3.59. The Balaban J connectivity index is 1.70. The zero-order chi connectivity index (χ0) is 21.5. The van der Waals surface area contributed by atoms with Crippen molar-refractivity contribution in [1.82, 2.24) is 0 Å². The number of benzene rings is 3. The number of amides is 1. The number of nitrogens with one attached hydrogen (secondary N) is 1. The quantitative estimate of drug-likeness (QED) is 0.666. The van der Waals surface area contributed by atoms with Crippen LogP contribution in [0.3, 0.4) is 0 Å². The Hall–Kier alpha value is -3.12. The van der Waals surface area contributed by atoms with Gasteiger partial charge in [0.25, 0.3) is 15.9 Å². The van der Waals surface area contributed by atoms with E-state index in [1.54, 1.807) is 36.1 Å². The zero-order valence-electron chi connectivity index (χ0n) is 17.2. The van der Waals surface area contributed by atoms with E-state index in [1.165, 1.54) is 6.07 Å². The Labute approximate surface area is 177 Å². The van der Waals surface area contributed by atoms with Crippen molar-refractivity contribution >= 4 is 27.3 Å². The summed E-state index contributed by atoms with van der Waals surface area (Å²) in [5.74, 6) is -0.195. The minimum absolute atomic E-state index is 0.0151. The van der Waals surface area contributed by atoms with Gasteiger partial charge in [-0.15, -0.1) is 0 Å². The molecule has 0 saturated carbocycles. The molecule has 30 heavy (non-hydrogen) atoms. The molecule has 6 heteroatoms. The van der Waals surface area contributed by atoms with Crippen molar-refractivity contribution in [3.05, 3.63) is 89.0 Å². The maximum absolute atomic E-state index is 13.3. The van der Waals surface area contributed by atoms with Crippen LogP contribution < -0.4 is 9.62 Å². The van der Waals surface area contributed by atoms with E-state index < -0.39 is 10.0 Å². The maximum atomic E-state index is 13.3. The van der Waals surface area contributed by atoms with Gasteiger partial charge in [-0.05, 0) is 68.1 Å². The van der Waals surface area contributed by atoms with Crippen LogP contribution in [0.1, 0.15) is 34.0 Å². The molecule has 0 saturated heterocycles. The summed E-state index contributed by atoms with van der Waals surface area (Å²) in [5.41, 5.74) is 4.30. The summed E-state index contributed by atoms with van der Waals surface area (Å²) in [6.45, 7) is 5.58. The lowest BCUT2D eigenvalue weighted by molar-refractivity contribution is 0.0981. The van der Waals surface area contributed by atoms with Gasteiger partial charge in [-0.3, -0.25) is 9.52 Å². The summed E-state index contributed by atoms with van der Waals surface area (Å²) >= 11 is 0. The van der Waals surface area contributed by atoms with Crippen molar-refractivity contribution in [3.63, 3.8) is 0 Å². The molecule has 1 atom stereocenters. The first-order chi connectivity index (χ1) is 14.3. The molecule has 1 aliphatic heterocycles. The average Bonchev–Trinajstić information content (AvgIpc) is 3.05. The second-order valence-corrected chi connectivity index (χ2v) is 9.41. The van der Waals surface area contributed by atoms with Gasteiger partial charge in [0, 0.05) is 17.3 Å². The van der Waals surface area contributed by atoms with Gasteiger partial charge >= 0.3 is 0 Å². The van der Waals surface area contributed by atoms with Gasteiger partial charge in [-0.2, -0.15) is 0 Å². The number of aryl methyl sites for hydroxylation is 2. The second kappa shape index (κ2) is 7.61. The highest BCUT2D eigenvalue weighted by atomic mass is 32.2. The molecular weight excluding hydrogens is 396 g/mol. The zero-order valence-corrected chi connectivity index (χ0v) is 18.0. The van der Waals surface area contributed by atoms with Crippen LogP contribution in [-0.2, 0) is 16.4 Å². The molecule has 3 aromatic carbocycles. The average molecular weight is 421 g/mol. The smallest absolute Gasteiger partial charge is 0.262 e. The van der Waals surface area contributed by atoms with Crippen LogP contribution in [0, 0.1) is 13.8 Å². The van der Waals surface area contributed by atoms with E-state index in [4.69, 9.17) is 0 Å². The van der Waals surface area contributed by atoms with Gasteiger partial charge in [0.2, 0.25) is 0 Å². The van der Waals surface area contributed by atoms with E-state index in [1.807, 2.05) is 50.2 Å². The first-order valence-electron chi connectivity index (χ1n) is 9.88. The number of carbonyl (C=O) groups excluding carboxylic acids is 1. The number of rotatable bonds is 4. The number of carbonyl (C=O) groups is 1. The van der Waals surface area contributed by atoms with Gasteiger partial charge < -0.3 is 4.90 Å². The Kier molecular flexibility index (Phi) is 5.12. The Morgan fingerprint density at radius 3 is 2.43 bits per heavy atom. The van der Waals surface area contributed by atoms with Crippen molar-refractivity contribution in [3.8, 4) is 0 Å². The molecule has 0 aliphatic carbocycles. The summed E-state index contributed by atoms with van der Waals surface area (Å²) in [6.07, 6.45) is 0.785. The molecule has 1 N–H and O–H groups in total. The number of fused-ring (bicyclic) bond motifs is 1. The molecule has 4 rings (SSSR count). The van der Waals surface area contributed by atoms with Crippen LogP contribution in [0.4, 0.5) is 11.4 Å². The van der Waals surface area contributed by atoms with Crippen LogP contribution >= 0.6 is 0 Å². The molecule has 0 radical (unpaired) electrons. The monoisotopic (exact) mass is 420 g/mol. The molecule has 0 fully saturated rings. The first-order valence-corrected chi connectivity index (χ1v) is 11.4. The SMILES string of the molecule is Cc1ccccc1NS(=O)(=O)c1cc(C(=O)N2c3ccccc3CC2C)ccc1C. The Morgan fingerprint density at radius 1 is 0.967 bits per heavy atom. The summed E-state index contributed by atoms with van der Waals surface area (Å²) in [6, 6.07) is 19.9. The second-order valence-electron chi connectivity index (χ2n) is 7.76. The van der Waals surface area contributed by atoms with E-state index in [-0.39, 0.29) is 16.8 Å². The van der Waals surface area contributed by atoms with E-state index in [9.17, 15) is 13.2 Å². The normalized spacial score (nSPS) is 15.7. The Bertz CT molecular complexity index is 1230. The fourth-order valence-electron chi connectivity index (χ4n) is 3.92. The molecular formula is C24H24N2O3S. The van der Waals surface area contributed by atoms with Gasteiger partial charge in [0.1, 0.15) is 0 Å². The predicted octanol–water partition coefficient (Wildman–Crippen LogP) is 4.70. The minimum Gasteiger partial charge on any atom is -0.305 e. The van der Waals surface area contributed by atoms with Crippen LogP contribution in [0.2, 0.25) is 0 Å². The maximum Gasteiger partial charge on any atom is 0.262 e. The van der Waals surface area contributed by atoms with Crippen LogP contribution in [0.5, 0.6) is 0 Å². The van der Waals surface area contributed by atoms with Gasteiger partial charge in [-0.1, -0.05) is 42.5 Å². The van der Waals surface area contributed by atoms with Gasteiger partial charge in [0.15, 0.2) is 0 Å². The standard InChI is InChI=1S/C24H24N2O3S/c1-16-8-4-6-10-21(16)25-30(28,29)23-15-20(13-12-17(23)2)24(27)26-18(3)14-19-9-5-7-11-22(19)26/h4-13,15,18,25H,14H2,1-3H3. The fraction of sp³-hybridized carbons (Fsp3) is 0.208. The number of hydrogen-bond donors (Lipinski definition) is 1. The topological polar surface area (TPSA) is 66.5 Å². The molecule has 1 heterocycles. The van der Waals surface area contributed by atoms with Gasteiger partial charge in [0.05, 0.1) is 10.6 Å². The molecule has 0 bridgehead atoms. The Morgan fingerprint density at radius 2 is 1.67 bits per heavy atom. The van der Waals surface area contributed by atoms with Crippen LogP contribution in [0.15, 0.2) is 71.6 Å². The first kappa shape index (κ1) is 20.2. The van der Waals surface area contributed by atoms with Crippen molar-refractivity contribution < 1.29 is 13.2 Å². The van der Waals surface area contributed by atoms with Crippen molar-refractivity contribution in [2.75, 3.05) is 9.62 Å². The molecule has 154 valence electrons. The number of para-hydroxylation sites is 2. The van der Waals surface area contributed by atoms with Crippen molar-refractivity contribution in [2.45, 2.75) is 38.1 Å². The van der Waals surface area contributed by atoms with E-state index >= 15 is 0 Å². The predicted molar refractivity (Wildman–Crippen MR) is 120 cm³/mol. The van der Waals surface area contributed by atoms with E-state index in [0.717, 1.165) is 23.2 Å². The molecule has 1 aliphatic rings. The third-order valence-corrected chi connectivity index (χ3v) is 7.05. The highest BCUT2D eigenvalue weighted by molar-refractivity contribution is 7.92.